The van der Waals surface area contributed by atoms with Crippen molar-refractivity contribution in [3.8, 4) is 11.5 Å². The van der Waals surface area contributed by atoms with Gasteiger partial charge in [-0.2, -0.15) is 5.10 Å². The highest BCUT2D eigenvalue weighted by Crippen LogP contribution is 2.22. The van der Waals surface area contributed by atoms with Crippen LogP contribution in [-0.4, -0.2) is 32.2 Å². The second-order valence-corrected chi connectivity index (χ2v) is 6.53. The quantitative estimate of drug-likeness (QED) is 0.435. The summed E-state index contributed by atoms with van der Waals surface area (Å²) in [7, 11) is 3.10. The monoisotopic (exact) mass is 417 g/mol. The normalized spacial score (nSPS) is 11.5. The molecule has 0 radical (unpaired) electrons. The van der Waals surface area contributed by atoms with Crippen LogP contribution in [0.5, 0.6) is 11.5 Å². The van der Waals surface area contributed by atoms with E-state index in [0.29, 0.717) is 28.2 Å². The van der Waals surface area contributed by atoms with Crippen molar-refractivity contribution in [2.45, 2.75) is 6.04 Å². The highest BCUT2D eigenvalue weighted by atomic mass is 16.5. The van der Waals surface area contributed by atoms with Crippen LogP contribution in [-0.2, 0) is 4.79 Å². The van der Waals surface area contributed by atoms with Crippen LogP contribution in [0.15, 0.2) is 84.0 Å². The number of hydrazone groups is 1. The van der Waals surface area contributed by atoms with Gasteiger partial charge in [-0.25, -0.2) is 5.43 Å². The highest BCUT2D eigenvalue weighted by Gasteiger charge is 2.23. The molecule has 0 bridgehead atoms. The van der Waals surface area contributed by atoms with Crippen LogP contribution in [0.1, 0.15) is 27.5 Å². The lowest BCUT2D eigenvalue weighted by Gasteiger charge is -2.17. The zero-order valence-electron chi connectivity index (χ0n) is 17.2. The first-order valence-corrected chi connectivity index (χ1v) is 9.58. The summed E-state index contributed by atoms with van der Waals surface area (Å²) in [5.41, 5.74) is 4.22. The molecule has 158 valence electrons. The minimum Gasteiger partial charge on any atom is -0.497 e. The Hall–Kier alpha value is -4.13. The van der Waals surface area contributed by atoms with Gasteiger partial charge in [-0.15, -0.1) is 0 Å². The molecule has 0 aromatic heterocycles. The Morgan fingerprint density at radius 2 is 1.58 bits per heavy atom. The van der Waals surface area contributed by atoms with Gasteiger partial charge in [0.2, 0.25) is 0 Å². The molecule has 7 heteroatoms. The third-order valence-electron chi connectivity index (χ3n) is 4.52. The summed E-state index contributed by atoms with van der Waals surface area (Å²) in [5.74, 6) is 0.373. The third kappa shape index (κ3) is 5.70. The molecule has 0 aliphatic rings. The van der Waals surface area contributed by atoms with Gasteiger partial charge >= 0.3 is 0 Å². The summed E-state index contributed by atoms with van der Waals surface area (Å²) in [6, 6.07) is 22.0. The molecule has 31 heavy (non-hydrogen) atoms. The van der Waals surface area contributed by atoms with E-state index < -0.39 is 11.9 Å². The van der Waals surface area contributed by atoms with Crippen molar-refractivity contribution in [2.24, 2.45) is 5.10 Å². The Morgan fingerprint density at radius 3 is 2.23 bits per heavy atom. The zero-order chi connectivity index (χ0) is 22.1. The fourth-order valence-electron chi connectivity index (χ4n) is 2.92. The Balaban J connectivity index is 1.78. The standard InChI is InChI=1S/C24H23N3O4/c1-30-20-13-14-21(31-2)19(15-20)16-25-27-24(29)22(17-9-5-3-6-10-17)26-23(28)18-11-7-4-8-12-18/h3-16,22H,1-2H3,(H,26,28)(H,27,29)/b25-16+. The van der Waals surface area contributed by atoms with Gasteiger partial charge in [0, 0.05) is 11.1 Å². The molecule has 1 atom stereocenters. The molecule has 3 aromatic rings. The van der Waals surface area contributed by atoms with Crippen LogP contribution in [0.4, 0.5) is 0 Å². The Morgan fingerprint density at radius 1 is 0.903 bits per heavy atom. The molecular weight excluding hydrogens is 394 g/mol. The van der Waals surface area contributed by atoms with Gasteiger partial charge < -0.3 is 14.8 Å². The minimum atomic E-state index is -0.918. The van der Waals surface area contributed by atoms with Crippen molar-refractivity contribution in [3.05, 3.63) is 95.6 Å². The Bertz CT molecular complexity index is 1050. The number of nitrogens with zero attached hydrogens (tertiary/aromatic N) is 1. The van der Waals surface area contributed by atoms with Crippen molar-refractivity contribution in [1.82, 2.24) is 10.7 Å². The SMILES string of the molecule is COc1ccc(OC)c(/C=N/NC(=O)C(NC(=O)c2ccccc2)c2ccccc2)c1. The molecule has 0 spiro atoms. The molecular formula is C24H23N3O4. The van der Waals surface area contributed by atoms with Crippen LogP contribution in [0.2, 0.25) is 0 Å². The smallest absolute Gasteiger partial charge is 0.267 e. The highest BCUT2D eigenvalue weighted by molar-refractivity contribution is 5.98. The number of rotatable bonds is 8. The minimum absolute atomic E-state index is 0.358. The summed E-state index contributed by atoms with van der Waals surface area (Å²) >= 11 is 0. The molecule has 3 rings (SSSR count). The Kier molecular flexibility index (Phi) is 7.37. The number of ether oxygens (including phenoxy) is 2. The molecule has 0 saturated heterocycles. The lowest BCUT2D eigenvalue weighted by molar-refractivity contribution is -0.123. The van der Waals surface area contributed by atoms with E-state index in [4.69, 9.17) is 9.47 Å². The fraction of sp³-hybridized carbons (Fsp3) is 0.125. The van der Waals surface area contributed by atoms with Crippen molar-refractivity contribution < 1.29 is 19.1 Å². The van der Waals surface area contributed by atoms with Gasteiger partial charge in [0.15, 0.2) is 0 Å². The number of carbonyl (C=O) groups excluding carboxylic acids is 2. The predicted octanol–water partition coefficient (Wildman–Crippen LogP) is 3.33. The van der Waals surface area contributed by atoms with Crippen LogP contribution in [0.3, 0.4) is 0 Å². The van der Waals surface area contributed by atoms with E-state index in [-0.39, 0.29) is 5.91 Å². The average Bonchev–Trinajstić information content (AvgIpc) is 2.83. The first-order chi connectivity index (χ1) is 15.1. The van der Waals surface area contributed by atoms with E-state index in [9.17, 15) is 9.59 Å². The number of amides is 2. The molecule has 3 aromatic carbocycles. The molecule has 0 aliphatic heterocycles. The number of methoxy groups -OCH3 is 2. The number of nitrogens with one attached hydrogen (secondary N) is 2. The summed E-state index contributed by atoms with van der Waals surface area (Å²) in [4.78, 5) is 25.5. The summed E-state index contributed by atoms with van der Waals surface area (Å²) in [5, 5.41) is 6.81. The Labute approximate surface area is 180 Å². The van der Waals surface area contributed by atoms with Crippen molar-refractivity contribution in [3.63, 3.8) is 0 Å². The van der Waals surface area contributed by atoms with E-state index >= 15 is 0 Å². The number of hydrogen-bond donors (Lipinski definition) is 2. The van der Waals surface area contributed by atoms with Gasteiger partial charge in [0.1, 0.15) is 17.5 Å². The van der Waals surface area contributed by atoms with Gasteiger partial charge in [-0.3, -0.25) is 9.59 Å². The number of hydrogen-bond acceptors (Lipinski definition) is 5. The second-order valence-electron chi connectivity index (χ2n) is 6.53. The van der Waals surface area contributed by atoms with E-state index in [0.717, 1.165) is 0 Å². The van der Waals surface area contributed by atoms with E-state index in [2.05, 4.69) is 15.8 Å². The third-order valence-corrected chi connectivity index (χ3v) is 4.52. The molecule has 0 saturated carbocycles. The second kappa shape index (κ2) is 10.6. The molecule has 0 heterocycles. The molecule has 7 nitrogen and oxygen atoms in total. The first-order valence-electron chi connectivity index (χ1n) is 9.58. The van der Waals surface area contributed by atoms with Crippen LogP contribution in [0.25, 0.3) is 0 Å². The van der Waals surface area contributed by atoms with Crippen LogP contribution >= 0.6 is 0 Å². The van der Waals surface area contributed by atoms with E-state index in [1.165, 1.54) is 6.21 Å². The maximum absolute atomic E-state index is 12.9. The lowest BCUT2D eigenvalue weighted by Crippen LogP contribution is -2.38. The molecule has 1 unspecified atom stereocenters. The van der Waals surface area contributed by atoms with Crippen LogP contribution < -0.4 is 20.2 Å². The summed E-state index contributed by atoms with van der Waals surface area (Å²) in [6.45, 7) is 0. The zero-order valence-corrected chi connectivity index (χ0v) is 17.2. The lowest BCUT2D eigenvalue weighted by atomic mass is 10.1. The van der Waals surface area contributed by atoms with Crippen molar-refractivity contribution in [2.75, 3.05) is 14.2 Å². The fourth-order valence-corrected chi connectivity index (χ4v) is 2.92. The van der Waals surface area contributed by atoms with Crippen LogP contribution in [0, 0.1) is 0 Å². The molecule has 0 aliphatic carbocycles. The summed E-state index contributed by atoms with van der Waals surface area (Å²) < 4.78 is 10.5. The predicted molar refractivity (Wildman–Crippen MR) is 118 cm³/mol. The number of carbonyl (C=O) groups is 2. The van der Waals surface area contributed by atoms with Gasteiger partial charge in [-0.1, -0.05) is 48.5 Å². The first kappa shape index (κ1) is 21.6. The molecule has 2 amide bonds. The average molecular weight is 417 g/mol. The maximum atomic E-state index is 12.9. The van der Waals surface area contributed by atoms with Gasteiger partial charge in [0.25, 0.3) is 11.8 Å². The molecule has 0 fully saturated rings. The topological polar surface area (TPSA) is 89.0 Å². The van der Waals surface area contributed by atoms with Gasteiger partial charge in [-0.05, 0) is 35.9 Å². The largest absolute Gasteiger partial charge is 0.497 e. The maximum Gasteiger partial charge on any atom is 0.267 e. The van der Waals surface area contributed by atoms with Crippen molar-refractivity contribution in [1.29, 1.82) is 0 Å². The summed E-state index contributed by atoms with van der Waals surface area (Å²) in [6.07, 6.45) is 1.46. The van der Waals surface area contributed by atoms with Gasteiger partial charge in [0.05, 0.1) is 20.4 Å². The van der Waals surface area contributed by atoms with E-state index in [1.54, 1.807) is 80.9 Å². The number of benzene rings is 3. The molecule has 2 N–H and O–H groups in total. The van der Waals surface area contributed by atoms with E-state index in [1.807, 2.05) is 12.1 Å². The van der Waals surface area contributed by atoms with Crippen molar-refractivity contribution >= 4 is 18.0 Å².